The molecule has 0 aliphatic rings. The van der Waals surface area contributed by atoms with Crippen LogP contribution < -0.4 is 11.3 Å². The fraction of sp³-hybridized carbons (Fsp3) is 0. The van der Waals surface area contributed by atoms with Crippen LogP contribution in [-0.2, 0) is 0 Å². The summed E-state index contributed by atoms with van der Waals surface area (Å²) < 4.78 is 28.0. The lowest BCUT2D eigenvalue weighted by atomic mass is 9.88. The number of aromatic nitrogens is 2. The maximum Gasteiger partial charge on any atom is 0.247 e. The summed E-state index contributed by atoms with van der Waals surface area (Å²) >= 11 is 0. The molecule has 0 aliphatic carbocycles. The van der Waals surface area contributed by atoms with Crippen LogP contribution >= 0.6 is 0 Å². The molecular formula is C23H14F2N4O. The number of hydrogen-bond donors (Lipinski definition) is 2. The van der Waals surface area contributed by atoms with Gasteiger partial charge < -0.3 is 10.7 Å². The highest BCUT2D eigenvalue weighted by molar-refractivity contribution is 5.97. The van der Waals surface area contributed by atoms with Crippen LogP contribution in [-0.4, -0.2) is 9.97 Å². The number of nitrogens with one attached hydrogen (secondary N) is 1. The molecule has 0 saturated heterocycles. The van der Waals surface area contributed by atoms with Crippen LogP contribution in [0.4, 0.5) is 14.6 Å². The molecule has 146 valence electrons. The van der Waals surface area contributed by atoms with Gasteiger partial charge in [0.25, 0.3) is 0 Å². The largest absolute Gasteiger partial charge is 0.383 e. The molecule has 4 rings (SSSR count). The van der Waals surface area contributed by atoms with Crippen molar-refractivity contribution in [3.63, 3.8) is 0 Å². The second kappa shape index (κ2) is 7.60. The van der Waals surface area contributed by atoms with E-state index in [2.05, 4.69) is 9.97 Å². The molecule has 0 fully saturated rings. The van der Waals surface area contributed by atoms with E-state index in [-0.39, 0.29) is 16.9 Å². The first-order valence-corrected chi connectivity index (χ1v) is 8.92. The summed E-state index contributed by atoms with van der Waals surface area (Å²) in [5.74, 6) is -1.03. The molecule has 0 atom stereocenters. The van der Waals surface area contributed by atoms with E-state index in [9.17, 15) is 18.8 Å². The SMILES string of the molecule is N#Cc1c(N)nc(-c2cccc(F)c2)c(-c2ccc(=O)[nH]c2)c1-c1cccc(F)c1. The number of hydrogen-bond acceptors (Lipinski definition) is 4. The van der Waals surface area contributed by atoms with Crippen LogP contribution in [0.2, 0.25) is 0 Å². The number of pyridine rings is 2. The predicted molar refractivity (Wildman–Crippen MR) is 110 cm³/mol. The van der Waals surface area contributed by atoms with Gasteiger partial charge in [0, 0.05) is 34.5 Å². The third kappa shape index (κ3) is 3.42. The molecule has 30 heavy (non-hydrogen) atoms. The second-order valence-corrected chi connectivity index (χ2v) is 6.54. The fourth-order valence-corrected chi connectivity index (χ4v) is 3.34. The summed E-state index contributed by atoms with van der Waals surface area (Å²) in [5, 5.41) is 9.77. The molecule has 0 spiro atoms. The van der Waals surface area contributed by atoms with Crippen LogP contribution in [0.5, 0.6) is 0 Å². The van der Waals surface area contributed by atoms with Gasteiger partial charge >= 0.3 is 0 Å². The Morgan fingerprint density at radius 2 is 1.57 bits per heavy atom. The number of nitrogen functional groups attached to an aromatic ring is 1. The van der Waals surface area contributed by atoms with Gasteiger partial charge in [0.1, 0.15) is 29.1 Å². The average molecular weight is 400 g/mol. The van der Waals surface area contributed by atoms with Crippen LogP contribution in [0.25, 0.3) is 33.5 Å². The van der Waals surface area contributed by atoms with Crippen molar-refractivity contribution >= 4 is 5.82 Å². The Morgan fingerprint density at radius 3 is 2.17 bits per heavy atom. The van der Waals surface area contributed by atoms with Gasteiger partial charge in [-0.25, -0.2) is 13.8 Å². The van der Waals surface area contributed by atoms with E-state index in [0.29, 0.717) is 33.5 Å². The van der Waals surface area contributed by atoms with E-state index in [0.717, 1.165) is 0 Å². The van der Waals surface area contributed by atoms with Crippen molar-refractivity contribution in [1.82, 2.24) is 9.97 Å². The minimum Gasteiger partial charge on any atom is -0.383 e. The van der Waals surface area contributed by atoms with Crippen LogP contribution in [0, 0.1) is 23.0 Å². The van der Waals surface area contributed by atoms with E-state index in [4.69, 9.17) is 5.73 Å². The van der Waals surface area contributed by atoms with Gasteiger partial charge in [0.15, 0.2) is 0 Å². The minimum absolute atomic E-state index is 0.0574. The highest BCUT2D eigenvalue weighted by atomic mass is 19.1. The van der Waals surface area contributed by atoms with E-state index < -0.39 is 11.6 Å². The molecule has 3 N–H and O–H groups in total. The first-order chi connectivity index (χ1) is 14.5. The highest BCUT2D eigenvalue weighted by Crippen LogP contribution is 2.42. The minimum atomic E-state index is -0.494. The first kappa shape index (κ1) is 19.0. The van der Waals surface area contributed by atoms with Gasteiger partial charge in [-0.2, -0.15) is 5.26 Å². The number of halogens is 2. The lowest BCUT2D eigenvalue weighted by molar-refractivity contribution is 0.628. The van der Waals surface area contributed by atoms with Crippen molar-refractivity contribution in [2.24, 2.45) is 0 Å². The van der Waals surface area contributed by atoms with Crippen molar-refractivity contribution in [2.45, 2.75) is 0 Å². The third-order valence-corrected chi connectivity index (χ3v) is 4.62. The predicted octanol–water partition coefficient (Wildman–Crippen LogP) is 4.50. The lowest BCUT2D eigenvalue weighted by Crippen LogP contribution is -2.06. The summed E-state index contributed by atoms with van der Waals surface area (Å²) in [6.07, 6.45) is 1.46. The highest BCUT2D eigenvalue weighted by Gasteiger charge is 2.23. The molecule has 0 aliphatic heterocycles. The number of anilines is 1. The first-order valence-electron chi connectivity index (χ1n) is 8.92. The third-order valence-electron chi connectivity index (χ3n) is 4.62. The average Bonchev–Trinajstić information content (AvgIpc) is 2.73. The molecule has 4 aromatic rings. The molecule has 0 bridgehead atoms. The van der Waals surface area contributed by atoms with Gasteiger partial charge in [-0.1, -0.05) is 24.3 Å². The Kier molecular flexibility index (Phi) is 4.82. The number of nitrogens with zero attached hydrogens (tertiary/aromatic N) is 2. The van der Waals surface area contributed by atoms with Crippen molar-refractivity contribution in [3.8, 4) is 39.6 Å². The number of nitrogens with two attached hydrogens (primary N) is 1. The lowest BCUT2D eigenvalue weighted by Gasteiger charge is -2.18. The van der Waals surface area contributed by atoms with Crippen molar-refractivity contribution < 1.29 is 8.78 Å². The molecule has 2 heterocycles. The molecule has 0 amide bonds. The Labute approximate surface area is 170 Å². The van der Waals surface area contributed by atoms with E-state index in [1.165, 1.54) is 48.7 Å². The second-order valence-electron chi connectivity index (χ2n) is 6.54. The maximum atomic E-state index is 14.0. The normalized spacial score (nSPS) is 10.6. The Hall–Kier alpha value is -4.31. The number of rotatable bonds is 3. The van der Waals surface area contributed by atoms with Crippen molar-refractivity contribution in [3.05, 3.63) is 94.4 Å². The molecule has 7 heteroatoms. The van der Waals surface area contributed by atoms with Gasteiger partial charge in [0.05, 0.1) is 5.69 Å². The Morgan fingerprint density at radius 1 is 0.900 bits per heavy atom. The summed E-state index contributed by atoms with van der Waals surface area (Å²) in [5.41, 5.74) is 8.22. The summed E-state index contributed by atoms with van der Waals surface area (Å²) in [4.78, 5) is 18.5. The van der Waals surface area contributed by atoms with Crippen LogP contribution in [0.1, 0.15) is 5.56 Å². The van der Waals surface area contributed by atoms with Crippen LogP contribution in [0.3, 0.4) is 0 Å². The Balaban J connectivity index is 2.18. The maximum absolute atomic E-state index is 14.0. The number of benzene rings is 2. The standard InChI is InChI=1S/C23H14F2N4O/c24-16-5-1-3-13(9-16)20-18(11-26)23(27)29-22(14-4-2-6-17(25)10-14)21(20)15-7-8-19(30)28-12-15/h1-10,12H,(H2,27,29)(H,28,30). The van der Waals surface area contributed by atoms with Gasteiger partial charge in [0.2, 0.25) is 5.56 Å². The number of aromatic amines is 1. The van der Waals surface area contributed by atoms with Crippen LogP contribution in [0.15, 0.2) is 71.7 Å². The molecule has 0 unspecified atom stereocenters. The van der Waals surface area contributed by atoms with Gasteiger partial charge in [-0.05, 0) is 35.9 Å². The molecule has 0 radical (unpaired) electrons. The summed E-state index contributed by atoms with van der Waals surface area (Å²) in [6, 6.07) is 16.4. The van der Waals surface area contributed by atoms with E-state index in [1.54, 1.807) is 18.2 Å². The van der Waals surface area contributed by atoms with E-state index in [1.807, 2.05) is 6.07 Å². The monoisotopic (exact) mass is 400 g/mol. The molecule has 2 aromatic carbocycles. The zero-order chi connectivity index (χ0) is 21.3. The van der Waals surface area contributed by atoms with Gasteiger partial charge in [-0.15, -0.1) is 0 Å². The smallest absolute Gasteiger partial charge is 0.247 e. The Bertz CT molecular complexity index is 1350. The number of nitriles is 1. The summed E-state index contributed by atoms with van der Waals surface area (Å²) in [6.45, 7) is 0. The molecule has 2 aromatic heterocycles. The van der Waals surface area contributed by atoms with Gasteiger partial charge in [-0.3, -0.25) is 4.79 Å². The fourth-order valence-electron chi connectivity index (χ4n) is 3.34. The van der Waals surface area contributed by atoms with Crippen molar-refractivity contribution in [2.75, 3.05) is 5.73 Å². The zero-order valence-corrected chi connectivity index (χ0v) is 15.5. The quantitative estimate of drug-likeness (QED) is 0.529. The zero-order valence-electron chi connectivity index (χ0n) is 15.5. The molecule has 5 nitrogen and oxygen atoms in total. The van der Waals surface area contributed by atoms with E-state index >= 15 is 0 Å². The molecular weight excluding hydrogens is 386 g/mol. The van der Waals surface area contributed by atoms with Crippen molar-refractivity contribution in [1.29, 1.82) is 5.26 Å². The summed E-state index contributed by atoms with van der Waals surface area (Å²) in [7, 11) is 0. The molecule has 0 saturated carbocycles. The topological polar surface area (TPSA) is 95.6 Å². The number of H-pyrrole nitrogens is 1.